The first kappa shape index (κ1) is 11.6. The summed E-state index contributed by atoms with van der Waals surface area (Å²) >= 11 is 0. The molecule has 1 rings (SSSR count). The van der Waals surface area contributed by atoms with E-state index in [-0.39, 0.29) is 0 Å². The van der Waals surface area contributed by atoms with Crippen LogP contribution in [0.25, 0.3) is 0 Å². The summed E-state index contributed by atoms with van der Waals surface area (Å²) in [7, 11) is 1.73. The molecule has 1 aromatic carbocycles. The van der Waals surface area contributed by atoms with Crippen LogP contribution in [0.3, 0.4) is 0 Å². The van der Waals surface area contributed by atoms with Gasteiger partial charge in [-0.3, -0.25) is 4.79 Å². The summed E-state index contributed by atoms with van der Waals surface area (Å²) in [4.78, 5) is 11.9. The average molecular weight is 207 g/mol. The van der Waals surface area contributed by atoms with Gasteiger partial charge in [0.25, 0.3) is 0 Å². The highest BCUT2D eigenvalue weighted by Crippen LogP contribution is 2.15. The van der Waals surface area contributed by atoms with Gasteiger partial charge in [0.2, 0.25) is 6.41 Å². The van der Waals surface area contributed by atoms with Crippen molar-refractivity contribution in [2.45, 2.75) is 13.8 Å². The fourth-order valence-electron chi connectivity index (χ4n) is 1.38. The molecule has 0 radical (unpaired) electrons. The molecule has 0 aliphatic rings. The highest BCUT2D eigenvalue weighted by molar-refractivity contribution is 5.46. The predicted molar refractivity (Wildman–Crippen MR) is 60.1 cm³/mol. The maximum atomic E-state index is 10.3. The van der Waals surface area contributed by atoms with Gasteiger partial charge in [-0.1, -0.05) is 6.07 Å². The summed E-state index contributed by atoms with van der Waals surface area (Å²) in [5.74, 6) is 0.867. The number of aryl methyl sites for hydroxylation is 2. The molecule has 0 aromatic heterocycles. The number of nitrogens with zero attached hydrogens (tertiary/aromatic N) is 1. The van der Waals surface area contributed by atoms with E-state index in [2.05, 4.69) is 6.07 Å². The number of hydrogen-bond acceptors (Lipinski definition) is 2. The third kappa shape index (κ3) is 4.02. The lowest BCUT2D eigenvalue weighted by molar-refractivity contribution is -0.117. The Morgan fingerprint density at radius 1 is 1.27 bits per heavy atom. The molecular weight excluding hydrogens is 190 g/mol. The van der Waals surface area contributed by atoms with E-state index in [9.17, 15) is 4.79 Å². The zero-order valence-corrected chi connectivity index (χ0v) is 9.49. The quantitative estimate of drug-likeness (QED) is 0.689. The maximum Gasteiger partial charge on any atom is 0.209 e. The highest BCUT2D eigenvalue weighted by atomic mass is 16.5. The van der Waals surface area contributed by atoms with Crippen LogP contribution in [-0.2, 0) is 4.79 Å². The standard InChI is InChI=1S/C12H17NO2/c1-10-6-11(2)8-12(7-10)15-5-4-13(3)9-14/h6-9H,4-5H2,1-3H3. The second-order valence-electron chi connectivity index (χ2n) is 3.76. The molecule has 0 saturated heterocycles. The van der Waals surface area contributed by atoms with Crippen molar-refractivity contribution in [1.82, 2.24) is 4.90 Å². The highest BCUT2D eigenvalue weighted by Gasteiger charge is 1.98. The molecule has 0 saturated carbocycles. The lowest BCUT2D eigenvalue weighted by Crippen LogP contribution is -2.22. The van der Waals surface area contributed by atoms with E-state index in [0.29, 0.717) is 13.2 Å². The van der Waals surface area contributed by atoms with Crippen LogP contribution >= 0.6 is 0 Å². The van der Waals surface area contributed by atoms with Crippen molar-refractivity contribution in [2.75, 3.05) is 20.2 Å². The van der Waals surface area contributed by atoms with Gasteiger partial charge in [-0.2, -0.15) is 0 Å². The van der Waals surface area contributed by atoms with Crippen LogP contribution in [0.15, 0.2) is 18.2 Å². The Morgan fingerprint density at radius 3 is 2.40 bits per heavy atom. The van der Waals surface area contributed by atoms with Crippen LogP contribution in [0.4, 0.5) is 0 Å². The Morgan fingerprint density at radius 2 is 1.87 bits per heavy atom. The third-order valence-electron chi connectivity index (χ3n) is 2.09. The summed E-state index contributed by atoms with van der Waals surface area (Å²) in [6.07, 6.45) is 0.796. The van der Waals surface area contributed by atoms with Gasteiger partial charge in [-0.05, 0) is 37.1 Å². The minimum absolute atomic E-state index is 0.526. The summed E-state index contributed by atoms with van der Waals surface area (Å²) in [6.45, 7) is 5.21. The molecule has 0 spiro atoms. The molecule has 0 atom stereocenters. The summed E-state index contributed by atoms with van der Waals surface area (Å²) in [6, 6.07) is 6.09. The second kappa shape index (κ2) is 5.39. The first-order chi connectivity index (χ1) is 7.11. The summed E-state index contributed by atoms with van der Waals surface area (Å²) in [5, 5.41) is 0. The molecule has 3 nitrogen and oxygen atoms in total. The van der Waals surface area contributed by atoms with Crippen molar-refractivity contribution in [2.24, 2.45) is 0 Å². The van der Waals surface area contributed by atoms with Gasteiger partial charge in [-0.15, -0.1) is 0 Å². The van der Waals surface area contributed by atoms with E-state index in [0.717, 1.165) is 12.2 Å². The molecule has 1 amide bonds. The van der Waals surface area contributed by atoms with Gasteiger partial charge in [0.1, 0.15) is 12.4 Å². The number of hydrogen-bond donors (Lipinski definition) is 0. The molecule has 82 valence electrons. The van der Waals surface area contributed by atoms with Crippen LogP contribution in [0.5, 0.6) is 5.75 Å². The Hall–Kier alpha value is -1.51. The fourth-order valence-corrected chi connectivity index (χ4v) is 1.38. The zero-order chi connectivity index (χ0) is 11.3. The minimum Gasteiger partial charge on any atom is -0.492 e. The van der Waals surface area contributed by atoms with Crippen LogP contribution in [0.2, 0.25) is 0 Å². The zero-order valence-electron chi connectivity index (χ0n) is 9.49. The number of carbonyl (C=O) groups excluding carboxylic acids is 1. The Kier molecular flexibility index (Phi) is 4.16. The summed E-state index contributed by atoms with van der Waals surface area (Å²) in [5.41, 5.74) is 2.38. The van der Waals surface area contributed by atoms with Crippen molar-refractivity contribution in [3.63, 3.8) is 0 Å². The Labute approximate surface area is 90.7 Å². The van der Waals surface area contributed by atoms with Gasteiger partial charge >= 0.3 is 0 Å². The fraction of sp³-hybridized carbons (Fsp3) is 0.417. The maximum absolute atomic E-state index is 10.3. The van der Waals surface area contributed by atoms with E-state index >= 15 is 0 Å². The third-order valence-corrected chi connectivity index (χ3v) is 2.09. The van der Waals surface area contributed by atoms with Gasteiger partial charge < -0.3 is 9.64 Å². The Bertz CT molecular complexity index is 316. The molecule has 0 aliphatic heterocycles. The van der Waals surface area contributed by atoms with Crippen LogP contribution < -0.4 is 4.74 Å². The van der Waals surface area contributed by atoms with Crippen molar-refractivity contribution in [3.8, 4) is 5.75 Å². The molecule has 0 N–H and O–H groups in total. The molecule has 1 aromatic rings. The Balaban J connectivity index is 2.47. The van der Waals surface area contributed by atoms with E-state index in [1.807, 2.05) is 26.0 Å². The second-order valence-corrected chi connectivity index (χ2v) is 3.76. The van der Waals surface area contributed by atoms with Crippen LogP contribution in [0, 0.1) is 13.8 Å². The van der Waals surface area contributed by atoms with Crippen molar-refractivity contribution in [1.29, 1.82) is 0 Å². The average Bonchev–Trinajstić information content (AvgIpc) is 2.16. The van der Waals surface area contributed by atoms with Crippen molar-refractivity contribution < 1.29 is 9.53 Å². The summed E-state index contributed by atoms with van der Waals surface area (Å²) < 4.78 is 5.54. The molecular formula is C12H17NO2. The smallest absolute Gasteiger partial charge is 0.209 e. The van der Waals surface area contributed by atoms with Gasteiger partial charge in [-0.25, -0.2) is 0 Å². The SMILES string of the molecule is Cc1cc(C)cc(OCCN(C)C=O)c1. The molecule has 0 fully saturated rings. The van der Waals surface area contributed by atoms with Gasteiger partial charge in [0.05, 0.1) is 6.54 Å². The number of ether oxygens (including phenoxy) is 1. The van der Waals surface area contributed by atoms with Crippen LogP contribution in [-0.4, -0.2) is 31.5 Å². The molecule has 0 heterocycles. The lowest BCUT2D eigenvalue weighted by atomic mass is 10.1. The lowest BCUT2D eigenvalue weighted by Gasteiger charge is -2.12. The van der Waals surface area contributed by atoms with E-state index in [4.69, 9.17) is 4.74 Å². The minimum atomic E-state index is 0.526. The topological polar surface area (TPSA) is 29.5 Å². The number of carbonyl (C=O) groups is 1. The molecule has 15 heavy (non-hydrogen) atoms. The number of likely N-dealkylation sites (N-methyl/N-ethyl adjacent to an activating group) is 1. The van der Waals surface area contributed by atoms with E-state index in [1.165, 1.54) is 11.1 Å². The van der Waals surface area contributed by atoms with Gasteiger partial charge in [0.15, 0.2) is 0 Å². The number of benzene rings is 1. The normalized spacial score (nSPS) is 9.80. The largest absolute Gasteiger partial charge is 0.492 e. The first-order valence-corrected chi connectivity index (χ1v) is 4.98. The molecule has 0 bridgehead atoms. The van der Waals surface area contributed by atoms with Crippen molar-refractivity contribution >= 4 is 6.41 Å². The predicted octanol–water partition coefficient (Wildman–Crippen LogP) is 1.77. The molecule has 0 aliphatic carbocycles. The first-order valence-electron chi connectivity index (χ1n) is 4.98. The molecule has 3 heteroatoms. The molecule has 0 unspecified atom stereocenters. The van der Waals surface area contributed by atoms with E-state index < -0.39 is 0 Å². The van der Waals surface area contributed by atoms with Crippen LogP contribution in [0.1, 0.15) is 11.1 Å². The van der Waals surface area contributed by atoms with Gasteiger partial charge in [0, 0.05) is 7.05 Å². The monoisotopic (exact) mass is 207 g/mol. The van der Waals surface area contributed by atoms with E-state index in [1.54, 1.807) is 11.9 Å². The van der Waals surface area contributed by atoms with Crippen molar-refractivity contribution in [3.05, 3.63) is 29.3 Å². The number of amides is 1. The number of rotatable bonds is 5.